The van der Waals surface area contributed by atoms with Crippen LogP contribution in [-0.4, -0.2) is 67.9 Å². The third kappa shape index (κ3) is 4.00. The van der Waals surface area contributed by atoms with Gasteiger partial charge in [-0.3, -0.25) is 9.59 Å². The van der Waals surface area contributed by atoms with Crippen LogP contribution in [0.1, 0.15) is 26.7 Å². The molecule has 1 fully saturated rings. The van der Waals surface area contributed by atoms with Gasteiger partial charge in [0.05, 0.1) is 16.3 Å². The molecule has 148 valence electrons. The van der Waals surface area contributed by atoms with Gasteiger partial charge in [-0.15, -0.1) is 11.8 Å². The predicted molar refractivity (Wildman–Crippen MR) is 105 cm³/mol. The van der Waals surface area contributed by atoms with E-state index in [9.17, 15) is 18.0 Å². The van der Waals surface area contributed by atoms with Gasteiger partial charge in [0.25, 0.3) is 0 Å². The van der Waals surface area contributed by atoms with Crippen LogP contribution < -0.4 is 4.90 Å². The normalized spacial score (nSPS) is 17.5. The van der Waals surface area contributed by atoms with Crippen LogP contribution in [-0.2, 0) is 19.6 Å². The second-order valence-electron chi connectivity index (χ2n) is 6.58. The van der Waals surface area contributed by atoms with Gasteiger partial charge < -0.3 is 9.80 Å². The molecule has 2 aliphatic heterocycles. The highest BCUT2D eigenvalue weighted by atomic mass is 32.2. The van der Waals surface area contributed by atoms with Crippen molar-refractivity contribution in [2.24, 2.45) is 0 Å². The molecule has 1 saturated heterocycles. The summed E-state index contributed by atoms with van der Waals surface area (Å²) in [4.78, 5) is 29.2. The summed E-state index contributed by atoms with van der Waals surface area (Å²) >= 11 is 1.37. The molecule has 7 nitrogen and oxygen atoms in total. The Morgan fingerprint density at radius 1 is 1.19 bits per heavy atom. The Morgan fingerprint density at radius 3 is 2.48 bits per heavy atom. The van der Waals surface area contributed by atoms with E-state index in [1.54, 1.807) is 30.9 Å². The molecule has 0 unspecified atom stereocenters. The lowest BCUT2D eigenvalue weighted by Crippen LogP contribution is -2.44. The molecule has 27 heavy (non-hydrogen) atoms. The molecule has 2 amide bonds. The highest BCUT2D eigenvalue weighted by molar-refractivity contribution is 8.00. The second-order valence-corrected chi connectivity index (χ2v) is 9.53. The van der Waals surface area contributed by atoms with Crippen molar-refractivity contribution in [3.8, 4) is 0 Å². The molecule has 0 bridgehead atoms. The summed E-state index contributed by atoms with van der Waals surface area (Å²) < 4.78 is 27.1. The SMILES string of the molecule is CCN(CC)S(=O)(=O)c1ccc2c(c1)N(CC(=O)N1CCCC1)C(=O)CS2. The zero-order valence-electron chi connectivity index (χ0n) is 15.7. The molecule has 0 radical (unpaired) electrons. The first-order chi connectivity index (χ1) is 12.9. The first-order valence-corrected chi connectivity index (χ1v) is 11.7. The van der Waals surface area contributed by atoms with Crippen molar-refractivity contribution >= 4 is 39.3 Å². The molecule has 0 aromatic heterocycles. The number of benzene rings is 1. The molecule has 1 aromatic rings. The topological polar surface area (TPSA) is 78.0 Å². The zero-order valence-corrected chi connectivity index (χ0v) is 17.3. The van der Waals surface area contributed by atoms with E-state index in [1.165, 1.54) is 27.0 Å². The highest BCUT2D eigenvalue weighted by Gasteiger charge is 2.31. The van der Waals surface area contributed by atoms with Gasteiger partial charge in [-0.1, -0.05) is 13.8 Å². The Balaban J connectivity index is 1.93. The third-order valence-electron chi connectivity index (χ3n) is 4.97. The van der Waals surface area contributed by atoms with E-state index in [4.69, 9.17) is 0 Å². The molecule has 9 heteroatoms. The number of fused-ring (bicyclic) bond motifs is 1. The van der Waals surface area contributed by atoms with E-state index >= 15 is 0 Å². The van der Waals surface area contributed by atoms with E-state index < -0.39 is 10.0 Å². The lowest BCUT2D eigenvalue weighted by Gasteiger charge is -2.30. The number of hydrogen-bond acceptors (Lipinski definition) is 5. The summed E-state index contributed by atoms with van der Waals surface area (Å²) in [5.74, 6) is -0.00395. The van der Waals surface area contributed by atoms with Crippen molar-refractivity contribution in [2.75, 3.05) is 43.4 Å². The monoisotopic (exact) mass is 411 g/mol. The number of likely N-dealkylation sites (tertiary alicyclic amines) is 1. The standard InChI is InChI=1S/C18H25N3O4S2/c1-3-20(4-2)27(24,25)14-7-8-16-15(11-14)21(18(23)13-26-16)12-17(22)19-9-5-6-10-19/h7-8,11H,3-6,9-10,12-13H2,1-2H3. The molecule has 2 heterocycles. The fourth-order valence-corrected chi connectivity index (χ4v) is 5.82. The number of sulfonamides is 1. The Bertz CT molecular complexity index is 831. The van der Waals surface area contributed by atoms with Crippen LogP contribution in [0.2, 0.25) is 0 Å². The maximum Gasteiger partial charge on any atom is 0.243 e. The average molecular weight is 412 g/mol. The van der Waals surface area contributed by atoms with Crippen LogP contribution >= 0.6 is 11.8 Å². The van der Waals surface area contributed by atoms with Crippen molar-refractivity contribution in [3.63, 3.8) is 0 Å². The molecular formula is C18H25N3O4S2. The maximum absolute atomic E-state index is 12.8. The summed E-state index contributed by atoms with van der Waals surface area (Å²) in [7, 11) is -3.63. The molecule has 3 rings (SSSR count). The van der Waals surface area contributed by atoms with Gasteiger partial charge >= 0.3 is 0 Å². The van der Waals surface area contributed by atoms with Gasteiger partial charge in [-0.05, 0) is 31.0 Å². The van der Waals surface area contributed by atoms with E-state index in [0.29, 0.717) is 18.8 Å². The van der Waals surface area contributed by atoms with Gasteiger partial charge in [0, 0.05) is 31.1 Å². The summed E-state index contributed by atoms with van der Waals surface area (Å²) in [6.45, 7) is 5.74. The van der Waals surface area contributed by atoms with E-state index in [0.717, 1.165) is 30.8 Å². The number of amides is 2. The molecule has 0 atom stereocenters. The maximum atomic E-state index is 12.8. The van der Waals surface area contributed by atoms with Crippen LogP contribution in [0.5, 0.6) is 0 Å². The molecule has 2 aliphatic rings. The smallest absolute Gasteiger partial charge is 0.243 e. The summed E-state index contributed by atoms with van der Waals surface area (Å²) in [5, 5.41) is 0. The quantitative estimate of drug-likeness (QED) is 0.713. The molecular weight excluding hydrogens is 386 g/mol. The van der Waals surface area contributed by atoms with Gasteiger partial charge in [0.2, 0.25) is 21.8 Å². The Kier molecular flexibility index (Phi) is 6.12. The van der Waals surface area contributed by atoms with E-state index in [1.807, 2.05) is 0 Å². The first-order valence-electron chi connectivity index (χ1n) is 9.23. The van der Waals surface area contributed by atoms with Crippen LogP contribution in [0.15, 0.2) is 28.0 Å². The summed E-state index contributed by atoms with van der Waals surface area (Å²) in [6.07, 6.45) is 1.97. The Labute approximate surface area is 164 Å². The first kappa shape index (κ1) is 20.2. The highest BCUT2D eigenvalue weighted by Crippen LogP contribution is 2.37. The summed E-state index contributed by atoms with van der Waals surface area (Å²) in [6, 6.07) is 4.84. The van der Waals surface area contributed by atoms with Crippen molar-refractivity contribution in [1.29, 1.82) is 0 Å². The minimum atomic E-state index is -3.63. The molecule has 0 N–H and O–H groups in total. The van der Waals surface area contributed by atoms with Crippen molar-refractivity contribution in [3.05, 3.63) is 18.2 Å². The number of carbonyl (C=O) groups is 2. The summed E-state index contributed by atoms with van der Waals surface area (Å²) in [5.41, 5.74) is 0.511. The fraction of sp³-hybridized carbons (Fsp3) is 0.556. The van der Waals surface area contributed by atoms with Gasteiger partial charge in [-0.2, -0.15) is 4.31 Å². The number of rotatable bonds is 6. The number of carbonyl (C=O) groups excluding carboxylic acids is 2. The second kappa shape index (κ2) is 8.20. The van der Waals surface area contributed by atoms with E-state index in [-0.39, 0.29) is 29.0 Å². The van der Waals surface area contributed by atoms with Crippen LogP contribution in [0.4, 0.5) is 5.69 Å². The number of hydrogen-bond donors (Lipinski definition) is 0. The molecule has 0 spiro atoms. The predicted octanol–water partition coefficient (Wildman–Crippen LogP) is 1.78. The lowest BCUT2D eigenvalue weighted by atomic mass is 10.2. The minimum Gasteiger partial charge on any atom is -0.341 e. The molecule has 0 aliphatic carbocycles. The third-order valence-corrected chi connectivity index (χ3v) is 8.06. The van der Waals surface area contributed by atoms with Crippen LogP contribution in [0.3, 0.4) is 0 Å². The largest absolute Gasteiger partial charge is 0.341 e. The van der Waals surface area contributed by atoms with Crippen LogP contribution in [0, 0.1) is 0 Å². The van der Waals surface area contributed by atoms with Gasteiger partial charge in [0.1, 0.15) is 6.54 Å². The van der Waals surface area contributed by atoms with Crippen LogP contribution in [0.25, 0.3) is 0 Å². The van der Waals surface area contributed by atoms with Crippen molar-refractivity contribution < 1.29 is 18.0 Å². The minimum absolute atomic E-state index is 0.0405. The Hall–Kier alpha value is -1.58. The Morgan fingerprint density at radius 2 is 1.85 bits per heavy atom. The number of nitrogens with zero attached hydrogens (tertiary/aromatic N) is 3. The lowest BCUT2D eigenvalue weighted by molar-refractivity contribution is -0.130. The molecule has 1 aromatic carbocycles. The zero-order chi connectivity index (χ0) is 19.6. The fourth-order valence-electron chi connectivity index (χ4n) is 3.43. The molecule has 0 saturated carbocycles. The van der Waals surface area contributed by atoms with Gasteiger partial charge in [0.15, 0.2) is 0 Å². The number of anilines is 1. The average Bonchev–Trinajstić information content (AvgIpc) is 3.19. The van der Waals surface area contributed by atoms with Gasteiger partial charge in [-0.25, -0.2) is 8.42 Å². The van der Waals surface area contributed by atoms with E-state index in [2.05, 4.69) is 0 Å². The van der Waals surface area contributed by atoms with Crippen molar-refractivity contribution in [1.82, 2.24) is 9.21 Å². The number of thioether (sulfide) groups is 1. The van der Waals surface area contributed by atoms with Crippen molar-refractivity contribution in [2.45, 2.75) is 36.5 Å².